The summed E-state index contributed by atoms with van der Waals surface area (Å²) < 4.78 is 1.03. The van der Waals surface area contributed by atoms with Crippen molar-refractivity contribution in [2.75, 3.05) is 0 Å². The lowest BCUT2D eigenvalue weighted by Gasteiger charge is -1.77. The smallest absolute Gasteiger partial charge is 0.0141 e. The van der Waals surface area contributed by atoms with Crippen molar-refractivity contribution in [2.24, 2.45) is 5.92 Å². The van der Waals surface area contributed by atoms with Crippen molar-refractivity contribution in [2.45, 2.75) is 23.7 Å². The van der Waals surface area contributed by atoms with Crippen molar-refractivity contribution in [3.63, 3.8) is 0 Å². The van der Waals surface area contributed by atoms with Gasteiger partial charge in [0, 0.05) is 3.92 Å². The molecule has 6 heavy (non-hydrogen) atoms. The van der Waals surface area contributed by atoms with E-state index in [9.17, 15) is 0 Å². The Kier molecular flexibility index (Phi) is 1.37. The van der Waals surface area contributed by atoms with Crippen LogP contribution in [0.4, 0.5) is 0 Å². The first kappa shape index (κ1) is 4.88. The third-order valence-corrected chi connectivity index (χ3v) is 2.89. The summed E-state index contributed by atoms with van der Waals surface area (Å²) in [5, 5.41) is 0. The summed E-state index contributed by atoms with van der Waals surface area (Å²) in [5.41, 5.74) is 0. The van der Waals surface area contributed by atoms with Crippen LogP contribution in [0.5, 0.6) is 0 Å². The molecule has 0 radical (unpaired) electrons. The topological polar surface area (TPSA) is 0 Å². The van der Waals surface area contributed by atoms with Crippen molar-refractivity contribution in [3.8, 4) is 0 Å². The number of halogens is 1. The highest BCUT2D eigenvalue weighted by atomic mass is 127. The Morgan fingerprint density at radius 3 is 2.33 bits per heavy atom. The minimum Gasteiger partial charge on any atom is -0.0823 e. The van der Waals surface area contributed by atoms with Crippen LogP contribution >= 0.6 is 22.6 Å². The third kappa shape index (κ3) is 0.863. The fourth-order valence-corrected chi connectivity index (χ4v) is 1.79. The van der Waals surface area contributed by atoms with E-state index in [1.54, 1.807) is 0 Å². The van der Waals surface area contributed by atoms with Gasteiger partial charge in [-0.3, -0.25) is 0 Å². The van der Waals surface area contributed by atoms with Crippen LogP contribution in [0.1, 0.15) is 19.8 Å². The van der Waals surface area contributed by atoms with Crippen LogP contribution in [-0.4, -0.2) is 3.92 Å². The quantitative estimate of drug-likeness (QED) is 0.445. The first-order chi connectivity index (χ1) is 2.84. The summed E-state index contributed by atoms with van der Waals surface area (Å²) in [4.78, 5) is 0. The molecule has 0 bridgehead atoms. The van der Waals surface area contributed by atoms with Gasteiger partial charge in [0.2, 0.25) is 0 Å². The Labute approximate surface area is 52.5 Å². The Hall–Kier alpha value is 0.730. The number of hydrogen-bond acceptors (Lipinski definition) is 0. The van der Waals surface area contributed by atoms with Crippen LogP contribution in [0.3, 0.4) is 0 Å². The van der Waals surface area contributed by atoms with Crippen molar-refractivity contribution < 1.29 is 0 Å². The van der Waals surface area contributed by atoms with Crippen LogP contribution in [0.25, 0.3) is 0 Å². The molecule has 1 unspecified atom stereocenters. The SMILES string of the molecule is CCC1C[C@@H]1I. The van der Waals surface area contributed by atoms with Gasteiger partial charge in [0.15, 0.2) is 0 Å². The molecular weight excluding hydrogens is 187 g/mol. The summed E-state index contributed by atoms with van der Waals surface area (Å²) in [6.07, 6.45) is 2.88. The second-order valence-electron chi connectivity index (χ2n) is 1.92. The third-order valence-electron chi connectivity index (χ3n) is 1.36. The first-order valence-electron chi connectivity index (χ1n) is 2.48. The van der Waals surface area contributed by atoms with E-state index in [0.29, 0.717) is 0 Å². The van der Waals surface area contributed by atoms with Crippen molar-refractivity contribution in [3.05, 3.63) is 0 Å². The zero-order valence-corrected chi connectivity index (χ0v) is 6.10. The van der Waals surface area contributed by atoms with Gasteiger partial charge in [-0.25, -0.2) is 0 Å². The lowest BCUT2D eigenvalue weighted by Crippen LogP contribution is -1.69. The molecule has 1 aliphatic rings. The molecule has 0 saturated heterocycles. The van der Waals surface area contributed by atoms with Gasteiger partial charge < -0.3 is 0 Å². The van der Waals surface area contributed by atoms with E-state index in [1.807, 2.05) is 0 Å². The Morgan fingerprint density at radius 1 is 1.83 bits per heavy atom. The molecule has 1 heteroatoms. The molecule has 0 amide bonds. The molecule has 1 rings (SSSR count). The van der Waals surface area contributed by atoms with Crippen LogP contribution in [0.2, 0.25) is 0 Å². The van der Waals surface area contributed by atoms with Crippen LogP contribution in [0.15, 0.2) is 0 Å². The largest absolute Gasteiger partial charge is 0.0823 e. The van der Waals surface area contributed by atoms with E-state index in [2.05, 4.69) is 29.5 Å². The molecule has 0 nitrogen and oxygen atoms in total. The fourth-order valence-electron chi connectivity index (χ4n) is 0.633. The molecule has 1 saturated carbocycles. The number of alkyl halides is 1. The first-order valence-corrected chi connectivity index (χ1v) is 3.73. The molecule has 2 atom stereocenters. The van der Waals surface area contributed by atoms with Gasteiger partial charge in [0.25, 0.3) is 0 Å². The van der Waals surface area contributed by atoms with Gasteiger partial charge in [0.05, 0.1) is 0 Å². The molecule has 0 aromatic carbocycles. The molecule has 0 aromatic rings. The second-order valence-corrected chi connectivity index (χ2v) is 3.52. The minimum atomic E-state index is 1.03. The average molecular weight is 196 g/mol. The normalized spacial score (nSPS) is 43.0. The summed E-state index contributed by atoms with van der Waals surface area (Å²) in [6, 6.07) is 0. The van der Waals surface area contributed by atoms with Gasteiger partial charge >= 0.3 is 0 Å². The lowest BCUT2D eigenvalue weighted by molar-refractivity contribution is 0.807. The van der Waals surface area contributed by atoms with E-state index in [0.717, 1.165) is 9.84 Å². The molecule has 0 heterocycles. The fraction of sp³-hybridized carbons (Fsp3) is 1.00. The molecule has 0 aliphatic heterocycles. The van der Waals surface area contributed by atoms with Crippen LogP contribution in [-0.2, 0) is 0 Å². The maximum absolute atomic E-state index is 2.52. The summed E-state index contributed by atoms with van der Waals surface area (Å²) >= 11 is 2.52. The molecule has 0 aromatic heterocycles. The van der Waals surface area contributed by atoms with Crippen molar-refractivity contribution in [1.82, 2.24) is 0 Å². The van der Waals surface area contributed by atoms with E-state index in [4.69, 9.17) is 0 Å². The molecule has 36 valence electrons. The molecular formula is C5H9I. The van der Waals surface area contributed by atoms with Gasteiger partial charge in [-0.05, 0) is 12.3 Å². The van der Waals surface area contributed by atoms with Crippen molar-refractivity contribution >= 4 is 22.6 Å². The van der Waals surface area contributed by atoms with Crippen LogP contribution < -0.4 is 0 Å². The Balaban J connectivity index is 2.09. The van der Waals surface area contributed by atoms with E-state index >= 15 is 0 Å². The highest BCUT2D eigenvalue weighted by Gasteiger charge is 2.31. The summed E-state index contributed by atoms with van der Waals surface area (Å²) in [6.45, 7) is 2.27. The second kappa shape index (κ2) is 1.68. The van der Waals surface area contributed by atoms with E-state index < -0.39 is 0 Å². The summed E-state index contributed by atoms with van der Waals surface area (Å²) in [5.74, 6) is 1.09. The average Bonchev–Trinajstić information content (AvgIpc) is 2.19. The highest BCUT2D eigenvalue weighted by molar-refractivity contribution is 14.1. The van der Waals surface area contributed by atoms with E-state index in [1.165, 1.54) is 12.8 Å². The molecule has 1 fully saturated rings. The van der Waals surface area contributed by atoms with Gasteiger partial charge in [0.1, 0.15) is 0 Å². The lowest BCUT2D eigenvalue weighted by atomic mass is 10.3. The maximum Gasteiger partial charge on any atom is 0.0141 e. The summed E-state index contributed by atoms with van der Waals surface area (Å²) in [7, 11) is 0. The minimum absolute atomic E-state index is 1.03. The Bertz CT molecular complexity index is 49.9. The monoisotopic (exact) mass is 196 g/mol. The van der Waals surface area contributed by atoms with Crippen LogP contribution in [0, 0.1) is 5.92 Å². The molecule has 1 aliphatic carbocycles. The maximum atomic E-state index is 2.52. The van der Waals surface area contributed by atoms with Gasteiger partial charge in [-0.1, -0.05) is 35.9 Å². The Morgan fingerprint density at radius 2 is 2.33 bits per heavy atom. The molecule has 0 N–H and O–H groups in total. The predicted octanol–water partition coefficient (Wildman–Crippen LogP) is 2.22. The standard InChI is InChI=1S/C5H9I/c1-2-4-3-5(4)6/h4-5H,2-3H2,1H3/t4?,5-/m0/s1. The zero-order valence-electron chi connectivity index (χ0n) is 3.95. The van der Waals surface area contributed by atoms with Crippen molar-refractivity contribution in [1.29, 1.82) is 0 Å². The highest BCUT2D eigenvalue weighted by Crippen LogP contribution is 2.40. The predicted molar refractivity (Wildman–Crippen MR) is 36.2 cm³/mol. The van der Waals surface area contributed by atoms with Gasteiger partial charge in [-0.2, -0.15) is 0 Å². The number of rotatable bonds is 1. The van der Waals surface area contributed by atoms with Gasteiger partial charge in [-0.15, -0.1) is 0 Å². The molecule has 0 spiro atoms. The van der Waals surface area contributed by atoms with E-state index in [-0.39, 0.29) is 0 Å². The zero-order chi connectivity index (χ0) is 4.57. The number of hydrogen-bond donors (Lipinski definition) is 0.